The first-order chi connectivity index (χ1) is 8.77. The van der Waals surface area contributed by atoms with Gasteiger partial charge in [-0.05, 0) is 6.42 Å². The normalized spacial score (nSPS) is 10.4. The summed E-state index contributed by atoms with van der Waals surface area (Å²) in [7, 11) is 0. The van der Waals surface area contributed by atoms with Gasteiger partial charge < -0.3 is 4.74 Å². The molecule has 1 rings (SSSR count). The van der Waals surface area contributed by atoms with E-state index in [4.69, 9.17) is 22.2 Å². The van der Waals surface area contributed by atoms with Crippen molar-refractivity contribution >= 4 is 17.5 Å². The molecule has 18 heavy (non-hydrogen) atoms. The minimum absolute atomic E-state index is 0.303. The number of hydrazine groups is 1. The maximum absolute atomic E-state index is 5.92. The maximum Gasteiger partial charge on any atom is 0.240 e. The van der Waals surface area contributed by atoms with Crippen LogP contribution < -0.4 is 16.0 Å². The Balaban J connectivity index is 2.22. The number of nitrogens with one attached hydrogen (secondary N) is 1. The maximum atomic E-state index is 5.92. The second-order valence-corrected chi connectivity index (χ2v) is 4.51. The first-order valence-electron chi connectivity index (χ1n) is 6.40. The molecule has 102 valence electrons. The zero-order chi connectivity index (χ0) is 13.2. The summed E-state index contributed by atoms with van der Waals surface area (Å²) in [6.45, 7) is 2.83. The summed E-state index contributed by atoms with van der Waals surface area (Å²) >= 11 is 5.92. The summed E-state index contributed by atoms with van der Waals surface area (Å²) in [5.74, 6) is 5.90. The zero-order valence-corrected chi connectivity index (χ0v) is 11.5. The molecule has 0 fully saturated rings. The van der Waals surface area contributed by atoms with E-state index in [1.807, 2.05) is 0 Å². The first kappa shape index (κ1) is 15.0. The second-order valence-electron chi connectivity index (χ2n) is 4.11. The fourth-order valence-electron chi connectivity index (χ4n) is 1.57. The summed E-state index contributed by atoms with van der Waals surface area (Å²) in [5, 5.41) is 0.403. The van der Waals surface area contributed by atoms with Gasteiger partial charge in [0.05, 0.1) is 12.8 Å². The van der Waals surface area contributed by atoms with Gasteiger partial charge in [0.25, 0.3) is 0 Å². The summed E-state index contributed by atoms with van der Waals surface area (Å²) < 4.78 is 5.51. The molecule has 1 aromatic heterocycles. The van der Waals surface area contributed by atoms with Gasteiger partial charge in [0, 0.05) is 0 Å². The predicted molar refractivity (Wildman–Crippen MR) is 73.7 cm³/mol. The number of anilines is 1. The molecule has 0 saturated heterocycles. The van der Waals surface area contributed by atoms with Crippen molar-refractivity contribution in [3.05, 3.63) is 11.2 Å². The van der Waals surface area contributed by atoms with Crippen molar-refractivity contribution in [2.24, 2.45) is 5.84 Å². The van der Waals surface area contributed by atoms with E-state index in [-0.39, 0.29) is 0 Å². The summed E-state index contributed by atoms with van der Waals surface area (Å²) in [6.07, 6.45) is 8.78. The van der Waals surface area contributed by atoms with Crippen LogP contribution in [0.5, 0.6) is 5.88 Å². The molecule has 5 nitrogen and oxygen atoms in total. The Hall–Kier alpha value is -1.07. The Kier molecular flexibility index (Phi) is 7.44. The third-order valence-corrected chi connectivity index (χ3v) is 2.84. The van der Waals surface area contributed by atoms with E-state index in [0.29, 0.717) is 23.5 Å². The molecule has 0 atom stereocenters. The Morgan fingerprint density at radius 3 is 2.72 bits per heavy atom. The van der Waals surface area contributed by atoms with Crippen molar-refractivity contribution in [3.63, 3.8) is 0 Å². The second kappa shape index (κ2) is 8.94. The molecule has 0 spiro atoms. The largest absolute Gasteiger partial charge is 0.476 e. The monoisotopic (exact) mass is 272 g/mol. The average Bonchev–Trinajstić information content (AvgIpc) is 2.39. The molecule has 1 heterocycles. The quantitative estimate of drug-likeness (QED) is 0.410. The highest BCUT2D eigenvalue weighted by Gasteiger charge is 2.05. The van der Waals surface area contributed by atoms with Crippen molar-refractivity contribution in [2.45, 2.75) is 45.4 Å². The summed E-state index contributed by atoms with van der Waals surface area (Å²) in [5.41, 5.74) is 2.36. The Morgan fingerprint density at radius 1 is 1.28 bits per heavy atom. The molecule has 1 aromatic rings. The molecular weight excluding hydrogens is 252 g/mol. The van der Waals surface area contributed by atoms with Crippen LogP contribution >= 0.6 is 11.6 Å². The van der Waals surface area contributed by atoms with Crippen molar-refractivity contribution in [2.75, 3.05) is 12.0 Å². The predicted octanol–water partition coefficient (Wildman–Crippen LogP) is 3.15. The number of hydrogen-bond donors (Lipinski definition) is 2. The molecule has 0 radical (unpaired) electrons. The lowest BCUT2D eigenvalue weighted by Gasteiger charge is -2.07. The number of rotatable bonds is 9. The molecule has 0 aromatic carbocycles. The first-order valence-corrected chi connectivity index (χ1v) is 6.77. The van der Waals surface area contributed by atoms with E-state index in [0.717, 1.165) is 6.42 Å². The van der Waals surface area contributed by atoms with Crippen LogP contribution in [0.3, 0.4) is 0 Å². The minimum atomic E-state index is 0.303. The van der Waals surface area contributed by atoms with Gasteiger partial charge in [-0.3, -0.25) is 5.43 Å². The minimum Gasteiger partial charge on any atom is -0.476 e. The lowest BCUT2D eigenvalue weighted by molar-refractivity contribution is 0.293. The highest BCUT2D eigenvalue weighted by Crippen LogP contribution is 2.21. The SMILES string of the molecule is CCCCCCCCOc1nc(NN)ncc1Cl. The van der Waals surface area contributed by atoms with Crippen LogP contribution in [0.2, 0.25) is 5.02 Å². The lowest BCUT2D eigenvalue weighted by atomic mass is 10.1. The van der Waals surface area contributed by atoms with Crippen LogP contribution in [0.25, 0.3) is 0 Å². The van der Waals surface area contributed by atoms with Gasteiger partial charge in [-0.25, -0.2) is 10.8 Å². The van der Waals surface area contributed by atoms with E-state index >= 15 is 0 Å². The van der Waals surface area contributed by atoms with Gasteiger partial charge in [-0.15, -0.1) is 0 Å². The fourth-order valence-corrected chi connectivity index (χ4v) is 1.72. The molecule has 0 unspecified atom stereocenters. The molecule has 0 aliphatic heterocycles. The van der Waals surface area contributed by atoms with Gasteiger partial charge in [-0.2, -0.15) is 4.98 Å². The molecule has 0 amide bonds. The van der Waals surface area contributed by atoms with Crippen LogP contribution in [0.4, 0.5) is 5.95 Å². The average molecular weight is 273 g/mol. The third-order valence-electron chi connectivity index (χ3n) is 2.58. The molecule has 0 saturated carbocycles. The van der Waals surface area contributed by atoms with Crippen LogP contribution in [0.15, 0.2) is 6.20 Å². The van der Waals surface area contributed by atoms with Crippen molar-refractivity contribution in [1.82, 2.24) is 9.97 Å². The van der Waals surface area contributed by atoms with Crippen molar-refractivity contribution in [1.29, 1.82) is 0 Å². The molecule has 0 aliphatic rings. The van der Waals surface area contributed by atoms with Gasteiger partial charge >= 0.3 is 0 Å². The van der Waals surface area contributed by atoms with Gasteiger partial charge in [0.2, 0.25) is 11.8 Å². The van der Waals surface area contributed by atoms with E-state index in [2.05, 4.69) is 22.3 Å². The highest BCUT2D eigenvalue weighted by molar-refractivity contribution is 6.31. The van der Waals surface area contributed by atoms with E-state index in [1.54, 1.807) is 0 Å². The smallest absolute Gasteiger partial charge is 0.240 e. The number of hydrogen-bond acceptors (Lipinski definition) is 5. The number of halogens is 1. The van der Waals surface area contributed by atoms with E-state index in [9.17, 15) is 0 Å². The highest BCUT2D eigenvalue weighted by atomic mass is 35.5. The fraction of sp³-hybridized carbons (Fsp3) is 0.667. The Labute approximate surface area is 113 Å². The van der Waals surface area contributed by atoms with Crippen molar-refractivity contribution in [3.8, 4) is 5.88 Å². The number of nitrogens with zero attached hydrogens (tertiary/aromatic N) is 2. The third kappa shape index (κ3) is 5.51. The van der Waals surface area contributed by atoms with Crippen molar-refractivity contribution < 1.29 is 4.74 Å². The summed E-state index contributed by atoms with van der Waals surface area (Å²) in [4.78, 5) is 7.91. The Bertz CT molecular complexity index is 349. The van der Waals surface area contributed by atoms with Crippen LogP contribution in [0.1, 0.15) is 45.4 Å². The summed E-state index contributed by atoms with van der Waals surface area (Å²) in [6, 6.07) is 0. The standard InChI is InChI=1S/C12H21ClN4O/c1-2-3-4-5-6-7-8-18-11-10(13)9-15-12(16-11)17-14/h9H,2-8,14H2,1H3,(H,15,16,17). The van der Waals surface area contributed by atoms with Gasteiger partial charge in [0.15, 0.2) is 0 Å². The molecular formula is C12H21ClN4O. The van der Waals surface area contributed by atoms with Gasteiger partial charge in [0.1, 0.15) is 5.02 Å². The van der Waals surface area contributed by atoms with Crippen LogP contribution in [-0.4, -0.2) is 16.6 Å². The van der Waals surface area contributed by atoms with Gasteiger partial charge in [-0.1, -0.05) is 50.6 Å². The molecule has 0 bridgehead atoms. The number of aromatic nitrogens is 2. The van der Waals surface area contributed by atoms with Crippen LogP contribution in [0, 0.1) is 0 Å². The number of unbranched alkanes of at least 4 members (excludes halogenated alkanes) is 5. The molecule has 3 N–H and O–H groups in total. The van der Waals surface area contributed by atoms with E-state index in [1.165, 1.54) is 38.3 Å². The number of ether oxygens (including phenoxy) is 1. The Morgan fingerprint density at radius 2 is 2.00 bits per heavy atom. The lowest BCUT2D eigenvalue weighted by Crippen LogP contribution is -2.11. The van der Waals surface area contributed by atoms with E-state index < -0.39 is 0 Å². The molecule has 6 heteroatoms. The molecule has 0 aliphatic carbocycles. The topological polar surface area (TPSA) is 73.1 Å². The zero-order valence-electron chi connectivity index (χ0n) is 10.8. The van der Waals surface area contributed by atoms with Crippen LogP contribution in [-0.2, 0) is 0 Å². The number of nitrogen functional groups attached to an aromatic ring is 1. The number of nitrogens with two attached hydrogens (primary N) is 1.